The fourth-order valence-corrected chi connectivity index (χ4v) is 3.71. The summed E-state index contributed by atoms with van der Waals surface area (Å²) in [5.74, 6) is -1.85. The van der Waals surface area contributed by atoms with E-state index in [9.17, 15) is 18.3 Å². The lowest BCUT2D eigenvalue weighted by Gasteiger charge is -2.14. The van der Waals surface area contributed by atoms with Crippen LogP contribution in [0.3, 0.4) is 0 Å². The van der Waals surface area contributed by atoms with Gasteiger partial charge in [0.15, 0.2) is 0 Å². The third-order valence-electron chi connectivity index (χ3n) is 3.55. The zero-order valence-corrected chi connectivity index (χ0v) is 12.3. The number of aromatic hydroxyl groups is 1. The molecule has 116 valence electrons. The van der Waals surface area contributed by atoms with Crippen LogP contribution in [0.25, 0.3) is 0 Å². The maximum absolute atomic E-state index is 12.2. The van der Waals surface area contributed by atoms with Crippen molar-refractivity contribution in [2.45, 2.75) is 36.3 Å². The van der Waals surface area contributed by atoms with E-state index in [2.05, 4.69) is 4.72 Å². The van der Waals surface area contributed by atoms with Gasteiger partial charge < -0.3 is 14.9 Å². The van der Waals surface area contributed by atoms with Gasteiger partial charge in [0.25, 0.3) is 0 Å². The number of carboxylic acid groups (broad SMARTS) is 1. The van der Waals surface area contributed by atoms with E-state index < -0.39 is 27.3 Å². The molecule has 2 atom stereocenters. The molecular weight excluding hydrogens is 298 g/mol. The quantitative estimate of drug-likeness (QED) is 0.745. The van der Waals surface area contributed by atoms with Gasteiger partial charge in [-0.2, -0.15) is 0 Å². The SMILES string of the molecule is COC1CCC(NS(=O)(=O)c2ccc(O)c(C(=O)O)c2)C1. The number of hydrogen-bond acceptors (Lipinski definition) is 5. The van der Waals surface area contributed by atoms with Gasteiger partial charge in [-0.25, -0.2) is 17.9 Å². The van der Waals surface area contributed by atoms with Crippen molar-refractivity contribution in [1.29, 1.82) is 0 Å². The zero-order chi connectivity index (χ0) is 15.6. The van der Waals surface area contributed by atoms with E-state index in [0.717, 1.165) is 18.6 Å². The molecule has 1 saturated carbocycles. The van der Waals surface area contributed by atoms with Crippen LogP contribution in [-0.4, -0.2) is 43.9 Å². The van der Waals surface area contributed by atoms with E-state index in [1.807, 2.05) is 0 Å². The Morgan fingerprint density at radius 2 is 2.10 bits per heavy atom. The Bertz CT molecular complexity index is 642. The first-order valence-corrected chi connectivity index (χ1v) is 7.93. The highest BCUT2D eigenvalue weighted by Crippen LogP contribution is 2.25. The van der Waals surface area contributed by atoms with Crippen molar-refractivity contribution in [1.82, 2.24) is 4.72 Å². The number of rotatable bonds is 5. The Balaban J connectivity index is 2.20. The molecular formula is C13H17NO6S. The first-order chi connectivity index (χ1) is 9.83. The van der Waals surface area contributed by atoms with Crippen LogP contribution in [0.2, 0.25) is 0 Å². The molecule has 0 radical (unpaired) electrons. The van der Waals surface area contributed by atoms with Crippen molar-refractivity contribution in [2.24, 2.45) is 0 Å². The summed E-state index contributed by atoms with van der Waals surface area (Å²) in [4.78, 5) is 10.8. The number of benzene rings is 1. The van der Waals surface area contributed by atoms with E-state index in [1.165, 1.54) is 6.07 Å². The molecule has 0 amide bonds. The number of sulfonamides is 1. The zero-order valence-electron chi connectivity index (χ0n) is 11.4. The van der Waals surface area contributed by atoms with Gasteiger partial charge in [-0.1, -0.05) is 0 Å². The Hall–Kier alpha value is -1.64. The predicted molar refractivity (Wildman–Crippen MR) is 73.8 cm³/mol. The van der Waals surface area contributed by atoms with Gasteiger partial charge >= 0.3 is 5.97 Å². The highest BCUT2D eigenvalue weighted by molar-refractivity contribution is 7.89. The van der Waals surface area contributed by atoms with Gasteiger partial charge in [-0.05, 0) is 37.5 Å². The van der Waals surface area contributed by atoms with Crippen LogP contribution in [0.4, 0.5) is 0 Å². The maximum atomic E-state index is 12.2. The molecule has 3 N–H and O–H groups in total. The van der Waals surface area contributed by atoms with E-state index in [4.69, 9.17) is 9.84 Å². The van der Waals surface area contributed by atoms with Crippen molar-refractivity contribution in [3.8, 4) is 5.75 Å². The lowest BCUT2D eigenvalue weighted by atomic mass is 10.2. The Morgan fingerprint density at radius 3 is 2.67 bits per heavy atom. The van der Waals surface area contributed by atoms with Crippen LogP contribution < -0.4 is 4.72 Å². The molecule has 1 fully saturated rings. The average Bonchev–Trinajstić information content (AvgIpc) is 2.85. The number of nitrogens with one attached hydrogen (secondary N) is 1. The van der Waals surface area contributed by atoms with Gasteiger partial charge in [-0.3, -0.25) is 0 Å². The molecule has 1 aliphatic rings. The first-order valence-electron chi connectivity index (χ1n) is 6.45. The second kappa shape index (κ2) is 6.00. The summed E-state index contributed by atoms with van der Waals surface area (Å²) < 4.78 is 32.2. The first kappa shape index (κ1) is 15.7. The second-order valence-electron chi connectivity index (χ2n) is 4.97. The summed E-state index contributed by atoms with van der Waals surface area (Å²) in [6.07, 6.45) is 2.06. The van der Waals surface area contributed by atoms with Crippen molar-refractivity contribution in [3.63, 3.8) is 0 Å². The summed E-state index contributed by atoms with van der Waals surface area (Å²) in [6.45, 7) is 0. The molecule has 2 rings (SSSR count). The monoisotopic (exact) mass is 315 g/mol. The fraction of sp³-hybridized carbons (Fsp3) is 0.462. The summed E-state index contributed by atoms with van der Waals surface area (Å²) in [6, 6.07) is 2.95. The maximum Gasteiger partial charge on any atom is 0.339 e. The molecule has 0 aliphatic heterocycles. The number of carbonyl (C=O) groups is 1. The van der Waals surface area contributed by atoms with Gasteiger partial charge in [0.1, 0.15) is 11.3 Å². The molecule has 1 aliphatic carbocycles. The Labute approximate surface area is 122 Å². The number of aromatic carboxylic acids is 1. The largest absolute Gasteiger partial charge is 0.507 e. The summed E-state index contributed by atoms with van der Waals surface area (Å²) in [5.41, 5.74) is -0.445. The van der Waals surface area contributed by atoms with Gasteiger partial charge in [0.05, 0.1) is 11.0 Å². The molecule has 7 nitrogen and oxygen atoms in total. The van der Waals surface area contributed by atoms with Crippen LogP contribution in [-0.2, 0) is 14.8 Å². The van der Waals surface area contributed by atoms with Gasteiger partial charge in [0.2, 0.25) is 10.0 Å². The number of methoxy groups -OCH3 is 1. The molecule has 2 unspecified atom stereocenters. The van der Waals surface area contributed by atoms with Crippen LogP contribution in [0.15, 0.2) is 23.1 Å². The molecule has 21 heavy (non-hydrogen) atoms. The van der Waals surface area contributed by atoms with Crippen molar-refractivity contribution < 1.29 is 28.2 Å². The van der Waals surface area contributed by atoms with Crippen LogP contribution >= 0.6 is 0 Å². The lowest BCUT2D eigenvalue weighted by molar-refractivity contribution is 0.0693. The van der Waals surface area contributed by atoms with Gasteiger partial charge in [-0.15, -0.1) is 0 Å². The molecule has 0 spiro atoms. The summed E-state index contributed by atoms with van der Waals surface area (Å²) >= 11 is 0. The topological polar surface area (TPSA) is 113 Å². The average molecular weight is 315 g/mol. The Morgan fingerprint density at radius 1 is 1.38 bits per heavy atom. The molecule has 8 heteroatoms. The van der Waals surface area contributed by atoms with Crippen molar-refractivity contribution >= 4 is 16.0 Å². The standard InChI is InChI=1S/C13H17NO6S/c1-20-9-3-2-8(6-9)14-21(18,19)10-4-5-12(15)11(7-10)13(16)17/h4-5,7-9,14-15H,2-3,6H2,1H3,(H,16,17). The molecule has 0 bridgehead atoms. The van der Waals surface area contributed by atoms with E-state index in [-0.39, 0.29) is 17.0 Å². The second-order valence-corrected chi connectivity index (χ2v) is 6.69. The third kappa shape index (κ3) is 3.52. The summed E-state index contributed by atoms with van der Waals surface area (Å²) in [5, 5.41) is 18.3. The minimum Gasteiger partial charge on any atom is -0.507 e. The highest BCUT2D eigenvalue weighted by atomic mass is 32.2. The van der Waals surface area contributed by atoms with Crippen LogP contribution in [0.1, 0.15) is 29.6 Å². The number of phenols is 1. The molecule has 0 saturated heterocycles. The van der Waals surface area contributed by atoms with Crippen molar-refractivity contribution in [2.75, 3.05) is 7.11 Å². The van der Waals surface area contributed by atoms with Crippen LogP contribution in [0, 0.1) is 0 Å². The van der Waals surface area contributed by atoms with Gasteiger partial charge in [0, 0.05) is 13.2 Å². The predicted octanol–water partition coefficient (Wildman–Crippen LogP) is 0.936. The minimum atomic E-state index is -3.83. The van der Waals surface area contributed by atoms with E-state index in [0.29, 0.717) is 12.8 Å². The van der Waals surface area contributed by atoms with Crippen LogP contribution in [0.5, 0.6) is 5.75 Å². The molecule has 1 aromatic carbocycles. The molecule has 0 aromatic heterocycles. The van der Waals surface area contributed by atoms with E-state index >= 15 is 0 Å². The number of hydrogen-bond donors (Lipinski definition) is 3. The normalized spacial score (nSPS) is 22.3. The summed E-state index contributed by atoms with van der Waals surface area (Å²) in [7, 11) is -2.24. The Kier molecular flexibility index (Phi) is 4.50. The smallest absolute Gasteiger partial charge is 0.339 e. The fourth-order valence-electron chi connectivity index (χ4n) is 2.40. The minimum absolute atomic E-state index is 0.0344. The van der Waals surface area contributed by atoms with E-state index in [1.54, 1.807) is 7.11 Å². The third-order valence-corrected chi connectivity index (χ3v) is 5.07. The molecule has 1 aromatic rings. The lowest BCUT2D eigenvalue weighted by Crippen LogP contribution is -2.33. The van der Waals surface area contributed by atoms with Crippen molar-refractivity contribution in [3.05, 3.63) is 23.8 Å². The highest BCUT2D eigenvalue weighted by Gasteiger charge is 2.29. The number of carboxylic acids is 1. The number of ether oxygens (including phenoxy) is 1. The molecule has 0 heterocycles.